The Balaban J connectivity index is 1.02. The lowest BCUT2D eigenvalue weighted by atomic mass is 10.1. The van der Waals surface area contributed by atoms with Gasteiger partial charge in [-0.2, -0.15) is 0 Å². The molecule has 0 aromatic carbocycles. The zero-order valence-corrected chi connectivity index (χ0v) is 31.6. The van der Waals surface area contributed by atoms with E-state index in [1.807, 2.05) is 0 Å². The highest BCUT2D eigenvalue weighted by atomic mass is 31.2. The number of aliphatic hydroxyl groups excluding tert-OH is 4. The number of fused-ring (bicyclic) bond motifs is 2. The molecule has 4 aromatic heterocycles. The maximum Gasteiger partial charge on any atom is 0.472 e. The number of H-pyrrole nitrogens is 3. The summed E-state index contributed by atoms with van der Waals surface area (Å²) in [5.41, 5.74) is 9.81. The molecule has 5 unspecified atom stereocenters. The molecule has 6 rings (SSSR count). The van der Waals surface area contributed by atoms with Crippen molar-refractivity contribution in [2.45, 2.75) is 55.2 Å². The fourth-order valence-electron chi connectivity index (χ4n) is 5.90. The zero-order chi connectivity index (χ0) is 41.8. The minimum absolute atomic E-state index is 0.0314. The number of nitrogen functional groups attached to an aromatic ring is 2. The molecule has 0 bridgehead atoms. The molecule has 0 amide bonds. The number of nitrogens with zero attached hydrogens (tertiary/aromatic N) is 5. The predicted octanol–water partition coefficient (Wildman–Crippen LogP) is -5.75. The second kappa shape index (κ2) is 16.2. The number of aromatic amines is 3. The first-order chi connectivity index (χ1) is 26.5. The van der Waals surface area contributed by atoms with Crippen molar-refractivity contribution in [3.8, 4) is 0 Å². The van der Waals surface area contributed by atoms with Crippen LogP contribution < -0.4 is 31.7 Å². The average molecular weight is 879 g/mol. The van der Waals surface area contributed by atoms with Gasteiger partial charge in [0.05, 0.1) is 33.5 Å². The molecule has 2 aliphatic heterocycles. The van der Waals surface area contributed by atoms with Crippen molar-refractivity contribution in [2.75, 3.05) is 37.9 Å². The van der Waals surface area contributed by atoms with Gasteiger partial charge in [0.1, 0.15) is 42.7 Å². The van der Waals surface area contributed by atoms with E-state index in [4.69, 9.17) is 39.0 Å². The highest BCUT2D eigenvalue weighted by Crippen LogP contribution is 2.48. The number of aromatic nitrogens is 8. The van der Waals surface area contributed by atoms with Gasteiger partial charge in [-0.15, -0.1) is 0 Å². The summed E-state index contributed by atoms with van der Waals surface area (Å²) in [6.45, 7) is -4.30. The predicted molar refractivity (Wildman–Crippen MR) is 179 cm³/mol. The van der Waals surface area contributed by atoms with Crippen LogP contribution in [0.25, 0.3) is 22.3 Å². The van der Waals surface area contributed by atoms with Crippen LogP contribution in [0.5, 0.6) is 0 Å². The fourth-order valence-corrected chi connectivity index (χ4v) is 7.94. The lowest BCUT2D eigenvalue weighted by Gasteiger charge is -2.22. The highest BCUT2D eigenvalue weighted by molar-refractivity contribution is 7.47. The molecule has 2 fully saturated rings. The Morgan fingerprint density at radius 3 is 1.81 bits per heavy atom. The summed E-state index contributed by atoms with van der Waals surface area (Å²) in [4.78, 5) is 78.7. The molecule has 6 heterocycles. The fraction of sp³-hybridized carbons (Fsp3) is 0.583. The molecule has 30 nitrogen and oxygen atoms in total. The van der Waals surface area contributed by atoms with Crippen LogP contribution in [-0.2, 0) is 52.8 Å². The summed E-state index contributed by atoms with van der Waals surface area (Å²) in [7, 11) is -14.4. The number of phosphoric acid groups is 3. The van der Waals surface area contributed by atoms with E-state index in [2.05, 4.69) is 29.4 Å². The quantitative estimate of drug-likeness (QED) is 0.0368. The van der Waals surface area contributed by atoms with Crippen molar-refractivity contribution < 1.29 is 94.9 Å². The normalized spacial score (nSPS) is 28.2. The molecular weight excluding hydrogens is 841 g/mol. The van der Waals surface area contributed by atoms with Crippen molar-refractivity contribution in [3.05, 3.63) is 33.4 Å². The van der Waals surface area contributed by atoms with Gasteiger partial charge in [-0.1, -0.05) is 9.97 Å². The summed E-state index contributed by atoms with van der Waals surface area (Å²) in [6, 6.07) is 0. The van der Waals surface area contributed by atoms with E-state index in [0.29, 0.717) is 0 Å². The second-order valence-corrected chi connectivity index (χ2v) is 16.6. The van der Waals surface area contributed by atoms with Crippen LogP contribution in [0, 0.1) is 0 Å². The molecular formula is C24H37N10O20P3+2. The Labute approximate surface area is 315 Å². The molecule has 0 spiro atoms. The molecule has 0 saturated carbocycles. The summed E-state index contributed by atoms with van der Waals surface area (Å²) >= 11 is 0. The lowest BCUT2D eigenvalue weighted by Crippen LogP contribution is -2.46. The van der Waals surface area contributed by atoms with E-state index >= 15 is 0 Å². The van der Waals surface area contributed by atoms with E-state index in [9.17, 15) is 63.3 Å². The van der Waals surface area contributed by atoms with Gasteiger partial charge in [-0.05, 0) is 0 Å². The monoisotopic (exact) mass is 878 g/mol. The Kier molecular flexibility index (Phi) is 12.2. The van der Waals surface area contributed by atoms with Crippen LogP contribution in [0.2, 0.25) is 0 Å². The standard InChI is InChI=1S/C24H35N10O20P3/c1-32-7-34(18-12(32)20(40)31-24(26)29-18)22-16(38)14(36)10(53-22)5-51-57(46,47)49-3-8(54-55(41,42)43)2-48-56(44,45)50-4-9-13(35)15(37)21(52-9)33-6-27-11-17(33)28-23(25)30-19(11)39/h6-10,13-16,21-22,35-38H,2-5H2,1H3,(H9-,25,26,28,29,30,31,39,40,41,42,43,44,45,46,47)/p+2/t8?,9?,10?,13-,14-,15-,16-,21-,22-/m1/s1. The van der Waals surface area contributed by atoms with E-state index < -0.39 is 116 Å². The molecule has 2 saturated heterocycles. The maximum atomic E-state index is 12.7. The van der Waals surface area contributed by atoms with Crippen molar-refractivity contribution in [1.82, 2.24) is 29.5 Å². The SMILES string of the molecule is Cn1c[n+]([C@@H]2OC(COP(=O)(O)OCC(COP(=O)(O)OCC3O[C@@H]([n+]4c[nH]c5c(=O)[nH]c(N)nc54)[C@H](O)[C@@H]3O)OP(=O)(O)O)[C@@H](O)[C@H]2O)c2nc(N)[nH]c(=O)c21. The number of rotatable bonds is 16. The zero-order valence-electron chi connectivity index (χ0n) is 28.9. The van der Waals surface area contributed by atoms with Gasteiger partial charge < -0.3 is 60.9 Å². The number of phosphoric ester groups is 3. The molecule has 33 heteroatoms. The summed E-state index contributed by atoms with van der Waals surface area (Å²) in [5, 5.41) is 42.4. The van der Waals surface area contributed by atoms with Crippen LogP contribution in [0.1, 0.15) is 12.5 Å². The molecule has 2 aliphatic rings. The van der Waals surface area contributed by atoms with Gasteiger partial charge in [0, 0.05) is 0 Å². The van der Waals surface area contributed by atoms with Gasteiger partial charge in [0.15, 0.2) is 12.7 Å². The van der Waals surface area contributed by atoms with Crippen molar-refractivity contribution in [2.24, 2.45) is 7.05 Å². The number of aliphatic hydroxyl groups is 4. The minimum atomic E-state index is -5.42. The third-order valence-corrected chi connectivity index (χ3v) is 10.9. The molecule has 15 N–H and O–H groups in total. The van der Waals surface area contributed by atoms with E-state index in [-0.39, 0.29) is 34.2 Å². The van der Waals surface area contributed by atoms with E-state index in [1.54, 1.807) is 0 Å². The van der Waals surface area contributed by atoms with Gasteiger partial charge >= 0.3 is 34.8 Å². The number of aryl methyl sites for hydroxylation is 1. The van der Waals surface area contributed by atoms with Crippen molar-refractivity contribution in [3.63, 3.8) is 0 Å². The molecule has 0 radical (unpaired) electrons. The number of ether oxygens (including phenoxy) is 2. The topological polar surface area (TPSA) is 450 Å². The van der Waals surface area contributed by atoms with Crippen molar-refractivity contribution >= 4 is 57.7 Å². The minimum Gasteiger partial charge on any atom is -0.387 e. The summed E-state index contributed by atoms with van der Waals surface area (Å²) in [6.07, 6.45) is -12.2. The number of nitrogens with two attached hydrogens (primary N) is 2. The van der Waals surface area contributed by atoms with Gasteiger partial charge in [-0.25, -0.2) is 22.8 Å². The van der Waals surface area contributed by atoms with Crippen LogP contribution in [0.4, 0.5) is 11.9 Å². The molecule has 57 heavy (non-hydrogen) atoms. The maximum absolute atomic E-state index is 12.7. The Bertz CT molecular complexity index is 2380. The summed E-state index contributed by atoms with van der Waals surface area (Å²) in [5.74, 6) is -0.538. The van der Waals surface area contributed by atoms with Crippen molar-refractivity contribution in [1.29, 1.82) is 0 Å². The largest absolute Gasteiger partial charge is 0.472 e. The third-order valence-electron chi connectivity index (χ3n) is 8.46. The molecule has 316 valence electrons. The van der Waals surface area contributed by atoms with Crippen LogP contribution in [0.3, 0.4) is 0 Å². The number of nitrogens with one attached hydrogen (secondary N) is 3. The number of imidazole rings is 2. The van der Waals surface area contributed by atoms with Crippen LogP contribution >= 0.6 is 23.5 Å². The number of hydrogen-bond acceptors (Lipinski definition) is 20. The Hall–Kier alpha value is -3.61. The Morgan fingerprint density at radius 1 is 0.789 bits per heavy atom. The number of anilines is 2. The van der Waals surface area contributed by atoms with E-state index in [0.717, 1.165) is 4.57 Å². The van der Waals surface area contributed by atoms with E-state index in [1.165, 1.54) is 28.8 Å². The average Bonchev–Trinajstić information content (AvgIpc) is 3.83. The first-order valence-corrected chi connectivity index (χ1v) is 20.6. The third kappa shape index (κ3) is 9.49. The molecule has 0 aliphatic carbocycles. The highest BCUT2D eigenvalue weighted by Gasteiger charge is 2.49. The Morgan fingerprint density at radius 2 is 1.28 bits per heavy atom. The summed E-state index contributed by atoms with van der Waals surface area (Å²) < 4.78 is 75.3. The van der Waals surface area contributed by atoms with Crippen LogP contribution in [0.15, 0.2) is 22.2 Å². The smallest absolute Gasteiger partial charge is 0.387 e. The van der Waals surface area contributed by atoms with Crippen LogP contribution in [-0.4, -0.2) is 139 Å². The number of hydrogen-bond donors (Lipinski definition) is 13. The van der Waals surface area contributed by atoms with Gasteiger partial charge in [0.2, 0.25) is 23.5 Å². The molecule has 4 aromatic rings. The molecule has 11 atom stereocenters. The van der Waals surface area contributed by atoms with Gasteiger partial charge in [-0.3, -0.25) is 51.7 Å². The van der Waals surface area contributed by atoms with Gasteiger partial charge in [0.25, 0.3) is 23.0 Å². The second-order valence-electron chi connectivity index (χ2n) is 12.5. The lowest BCUT2D eigenvalue weighted by molar-refractivity contribution is -0.746. The first kappa shape index (κ1) is 43.0. The first-order valence-electron chi connectivity index (χ1n) is 16.1.